The van der Waals surface area contributed by atoms with Crippen molar-refractivity contribution >= 4 is 0 Å². The van der Waals surface area contributed by atoms with Crippen LogP contribution in [0.25, 0.3) is 0 Å². The second-order valence-electron chi connectivity index (χ2n) is 5.96. The molecular weight excluding hydrogens is 238 g/mol. The number of rotatable bonds is 2. The zero-order valence-electron chi connectivity index (χ0n) is 11.0. The van der Waals surface area contributed by atoms with Gasteiger partial charge in [0, 0.05) is 39.3 Å². The van der Waals surface area contributed by atoms with Crippen LogP contribution in [-0.4, -0.2) is 54.3 Å². The Morgan fingerprint density at radius 1 is 1.00 bits per heavy atom. The molecule has 4 heteroatoms. The van der Waals surface area contributed by atoms with Gasteiger partial charge in [-0.2, -0.15) is 0 Å². The minimum Gasteiger partial charge on any atom is -0.297 e. The van der Waals surface area contributed by atoms with E-state index in [2.05, 4.69) is 45.6 Å². The Bertz CT molecular complexity index is 507. The van der Waals surface area contributed by atoms with Gasteiger partial charge in [0.05, 0.1) is 11.1 Å². The average Bonchev–Trinajstić information content (AvgIpc) is 2.68. The molecule has 0 aromatic heterocycles. The summed E-state index contributed by atoms with van der Waals surface area (Å²) in [5, 5.41) is 9.67. The molecule has 0 radical (unpaired) electrons. The van der Waals surface area contributed by atoms with Crippen LogP contribution < -0.4 is 5.48 Å². The number of nitrogens with zero attached hydrogens (tertiary/aromatic N) is 2. The molecule has 4 aliphatic rings. The van der Waals surface area contributed by atoms with Crippen molar-refractivity contribution < 1.29 is 5.21 Å². The number of hydroxylamine groups is 1. The second kappa shape index (κ2) is 4.07. The molecule has 4 bridgehead atoms. The van der Waals surface area contributed by atoms with Gasteiger partial charge in [0.25, 0.3) is 0 Å². The summed E-state index contributed by atoms with van der Waals surface area (Å²) in [6.45, 7) is 6.26. The summed E-state index contributed by atoms with van der Waals surface area (Å²) < 4.78 is 0. The van der Waals surface area contributed by atoms with Crippen LogP contribution in [0.5, 0.6) is 0 Å². The maximum atomic E-state index is 9.67. The molecule has 0 amide bonds. The zero-order chi connectivity index (χ0) is 12.9. The van der Waals surface area contributed by atoms with Gasteiger partial charge in [-0.3, -0.25) is 20.5 Å². The van der Waals surface area contributed by atoms with Gasteiger partial charge in [0.1, 0.15) is 0 Å². The van der Waals surface area contributed by atoms with Crippen LogP contribution in [0.15, 0.2) is 41.6 Å². The van der Waals surface area contributed by atoms with Crippen LogP contribution in [0, 0.1) is 0 Å². The molecule has 4 heterocycles. The maximum absolute atomic E-state index is 9.67. The van der Waals surface area contributed by atoms with Gasteiger partial charge in [-0.25, -0.2) is 0 Å². The highest BCUT2D eigenvalue weighted by Gasteiger charge is 2.49. The van der Waals surface area contributed by atoms with Crippen molar-refractivity contribution in [1.29, 1.82) is 0 Å². The molecule has 19 heavy (non-hydrogen) atoms. The summed E-state index contributed by atoms with van der Waals surface area (Å²) in [6.07, 6.45) is 0. The van der Waals surface area contributed by atoms with Crippen molar-refractivity contribution in [3.8, 4) is 0 Å². The quantitative estimate of drug-likeness (QED) is 0.769. The van der Waals surface area contributed by atoms with Crippen molar-refractivity contribution in [2.45, 2.75) is 5.41 Å². The van der Waals surface area contributed by atoms with Crippen LogP contribution >= 0.6 is 0 Å². The van der Waals surface area contributed by atoms with E-state index in [9.17, 15) is 5.21 Å². The Hall–Kier alpha value is -1.36. The monoisotopic (exact) mass is 257 g/mol. The highest BCUT2D eigenvalue weighted by Crippen LogP contribution is 2.42. The number of hydrogen-bond donors (Lipinski definition) is 2. The van der Waals surface area contributed by atoms with Crippen molar-refractivity contribution in [2.75, 3.05) is 39.3 Å². The molecule has 0 aliphatic carbocycles. The van der Waals surface area contributed by atoms with Crippen LogP contribution in [0.1, 0.15) is 5.56 Å². The second-order valence-corrected chi connectivity index (χ2v) is 5.96. The zero-order valence-corrected chi connectivity index (χ0v) is 11.0. The fraction of sp³-hybridized carbons (Fsp3) is 0.467. The highest BCUT2D eigenvalue weighted by molar-refractivity contribution is 5.44. The van der Waals surface area contributed by atoms with Gasteiger partial charge in [0.15, 0.2) is 0 Å². The first kappa shape index (κ1) is 11.5. The molecular formula is C15H19N3O. The molecule has 1 aromatic carbocycles. The molecule has 2 N–H and O–H groups in total. The van der Waals surface area contributed by atoms with E-state index in [1.54, 1.807) is 0 Å². The van der Waals surface area contributed by atoms with Crippen LogP contribution in [0.4, 0.5) is 0 Å². The predicted octanol–water partition coefficient (Wildman–Crippen LogP) is 0.802. The SMILES string of the molecule is ONC1=C2CN3CCN(C2)CC1(c1ccccc1)C3. The van der Waals surface area contributed by atoms with Gasteiger partial charge in [0.2, 0.25) is 0 Å². The Kier molecular flexibility index (Phi) is 2.45. The van der Waals surface area contributed by atoms with E-state index in [1.165, 1.54) is 11.1 Å². The van der Waals surface area contributed by atoms with Gasteiger partial charge >= 0.3 is 0 Å². The molecule has 5 rings (SSSR count). The van der Waals surface area contributed by atoms with Crippen molar-refractivity contribution in [3.05, 3.63) is 47.2 Å². The highest BCUT2D eigenvalue weighted by atomic mass is 16.5. The average molecular weight is 257 g/mol. The van der Waals surface area contributed by atoms with E-state index >= 15 is 0 Å². The fourth-order valence-corrected chi connectivity index (χ4v) is 4.04. The van der Waals surface area contributed by atoms with Crippen molar-refractivity contribution in [1.82, 2.24) is 15.3 Å². The Morgan fingerprint density at radius 2 is 1.63 bits per heavy atom. The first-order valence-corrected chi connectivity index (χ1v) is 6.95. The van der Waals surface area contributed by atoms with Gasteiger partial charge < -0.3 is 0 Å². The number of hydrogen-bond acceptors (Lipinski definition) is 4. The van der Waals surface area contributed by atoms with E-state index < -0.39 is 0 Å². The first-order chi connectivity index (χ1) is 9.32. The largest absolute Gasteiger partial charge is 0.297 e. The third-order valence-electron chi connectivity index (χ3n) is 4.82. The Labute approximate surface area is 113 Å². The fourth-order valence-electron chi connectivity index (χ4n) is 4.04. The third kappa shape index (κ3) is 1.57. The molecule has 2 atom stereocenters. The number of benzene rings is 1. The normalized spacial score (nSPS) is 36.5. The third-order valence-corrected chi connectivity index (χ3v) is 4.82. The topological polar surface area (TPSA) is 38.7 Å². The summed E-state index contributed by atoms with van der Waals surface area (Å²) in [7, 11) is 0. The summed E-state index contributed by atoms with van der Waals surface area (Å²) in [5.41, 5.74) is 6.16. The van der Waals surface area contributed by atoms with Gasteiger partial charge in [-0.1, -0.05) is 30.3 Å². The van der Waals surface area contributed by atoms with Crippen LogP contribution in [0.2, 0.25) is 0 Å². The molecule has 2 unspecified atom stereocenters. The molecule has 0 saturated carbocycles. The van der Waals surface area contributed by atoms with Crippen molar-refractivity contribution in [3.63, 3.8) is 0 Å². The summed E-state index contributed by atoms with van der Waals surface area (Å²) >= 11 is 0. The lowest BCUT2D eigenvalue weighted by Gasteiger charge is -2.48. The van der Waals surface area contributed by atoms with E-state index in [0.29, 0.717) is 0 Å². The maximum Gasteiger partial charge on any atom is 0.0627 e. The van der Waals surface area contributed by atoms with E-state index in [4.69, 9.17) is 0 Å². The number of nitrogens with one attached hydrogen (secondary N) is 1. The molecule has 0 spiro atoms. The molecule has 4 nitrogen and oxygen atoms in total. The molecule has 4 aliphatic heterocycles. The number of fused-ring (bicyclic) bond motifs is 1. The van der Waals surface area contributed by atoms with E-state index in [-0.39, 0.29) is 5.41 Å². The smallest absolute Gasteiger partial charge is 0.0627 e. The molecule has 2 fully saturated rings. The molecule has 1 aromatic rings. The lowest BCUT2D eigenvalue weighted by molar-refractivity contribution is 0.126. The van der Waals surface area contributed by atoms with Gasteiger partial charge in [-0.15, -0.1) is 0 Å². The van der Waals surface area contributed by atoms with Crippen LogP contribution in [-0.2, 0) is 5.41 Å². The Balaban J connectivity index is 1.92. The predicted molar refractivity (Wildman–Crippen MR) is 72.9 cm³/mol. The standard InChI is InChI=1S/C15H19N3O/c19-16-14-12-8-17-6-7-18(9-12)11-15(14,10-17)13-4-2-1-3-5-13/h1-5,16,19H,6-11H2. The summed E-state index contributed by atoms with van der Waals surface area (Å²) in [5.74, 6) is 0. The first-order valence-electron chi connectivity index (χ1n) is 6.95. The van der Waals surface area contributed by atoms with Crippen molar-refractivity contribution in [2.24, 2.45) is 0 Å². The summed E-state index contributed by atoms with van der Waals surface area (Å²) in [4.78, 5) is 5.05. The molecule has 100 valence electrons. The summed E-state index contributed by atoms with van der Waals surface area (Å²) in [6, 6.07) is 10.6. The minimum atomic E-state index is -0.0850. The minimum absolute atomic E-state index is 0.0850. The van der Waals surface area contributed by atoms with E-state index in [0.717, 1.165) is 45.0 Å². The van der Waals surface area contributed by atoms with Crippen LogP contribution in [0.3, 0.4) is 0 Å². The molecule has 2 saturated heterocycles. The Morgan fingerprint density at radius 3 is 2.21 bits per heavy atom. The lowest BCUT2D eigenvalue weighted by atomic mass is 9.71. The van der Waals surface area contributed by atoms with Gasteiger partial charge in [-0.05, 0) is 11.1 Å². The van der Waals surface area contributed by atoms with E-state index in [1.807, 2.05) is 0 Å². The lowest BCUT2D eigenvalue weighted by Crippen LogP contribution is -2.57.